The molecule has 0 aromatic heterocycles. The van der Waals surface area contributed by atoms with Crippen molar-refractivity contribution in [2.75, 3.05) is 7.11 Å². The van der Waals surface area contributed by atoms with Gasteiger partial charge in [0, 0.05) is 10.5 Å². The van der Waals surface area contributed by atoms with Crippen LogP contribution in [0.15, 0.2) is 22.7 Å². The fourth-order valence-electron chi connectivity index (χ4n) is 1.88. The van der Waals surface area contributed by atoms with E-state index in [1.807, 2.05) is 12.1 Å². The highest BCUT2D eigenvalue weighted by Gasteiger charge is 2.10. The minimum absolute atomic E-state index is 0.197. The number of benzene rings is 1. The van der Waals surface area contributed by atoms with Gasteiger partial charge in [0.2, 0.25) is 0 Å². The Morgan fingerprint density at radius 1 is 1.38 bits per heavy atom. The molecule has 1 aromatic carbocycles. The van der Waals surface area contributed by atoms with Crippen LogP contribution >= 0.6 is 15.9 Å². The summed E-state index contributed by atoms with van der Waals surface area (Å²) in [5, 5.41) is 0. The van der Waals surface area contributed by atoms with E-state index in [-0.39, 0.29) is 6.04 Å². The summed E-state index contributed by atoms with van der Waals surface area (Å²) in [6, 6.07) is 6.24. The summed E-state index contributed by atoms with van der Waals surface area (Å²) in [6.07, 6.45) is 1.90. The Morgan fingerprint density at radius 2 is 2.06 bits per heavy atom. The predicted molar refractivity (Wildman–Crippen MR) is 71.8 cm³/mol. The van der Waals surface area contributed by atoms with E-state index in [4.69, 9.17) is 10.5 Å². The Balaban J connectivity index is 2.74. The van der Waals surface area contributed by atoms with Crippen molar-refractivity contribution in [3.05, 3.63) is 28.2 Å². The first-order valence-electron chi connectivity index (χ1n) is 5.61. The van der Waals surface area contributed by atoms with E-state index in [9.17, 15) is 0 Å². The van der Waals surface area contributed by atoms with Crippen LogP contribution in [-0.4, -0.2) is 13.2 Å². The Labute approximate surface area is 106 Å². The number of hydrogen-bond donors (Lipinski definition) is 1. The largest absolute Gasteiger partial charge is 0.496 e. The van der Waals surface area contributed by atoms with E-state index in [0.717, 1.165) is 23.1 Å². The van der Waals surface area contributed by atoms with Crippen LogP contribution in [0.5, 0.6) is 5.75 Å². The van der Waals surface area contributed by atoms with Gasteiger partial charge in [-0.3, -0.25) is 0 Å². The van der Waals surface area contributed by atoms with Crippen LogP contribution in [0.4, 0.5) is 0 Å². The Kier molecular flexibility index (Phi) is 5.29. The Hall–Kier alpha value is -0.540. The Morgan fingerprint density at radius 3 is 2.62 bits per heavy atom. The standard InChI is InChI=1S/C13H20BrNO/c1-9(2)6-12(15)8-10-7-11(14)4-5-13(10)16-3/h4-5,7,9,12H,6,8,15H2,1-3H3. The number of halogens is 1. The zero-order chi connectivity index (χ0) is 12.1. The molecule has 0 saturated heterocycles. The second-order valence-electron chi connectivity index (χ2n) is 4.55. The van der Waals surface area contributed by atoms with Crippen LogP contribution in [0, 0.1) is 5.92 Å². The van der Waals surface area contributed by atoms with E-state index in [1.165, 1.54) is 5.56 Å². The van der Waals surface area contributed by atoms with E-state index in [0.29, 0.717) is 5.92 Å². The van der Waals surface area contributed by atoms with Gasteiger partial charge in [-0.15, -0.1) is 0 Å². The van der Waals surface area contributed by atoms with Gasteiger partial charge in [0.05, 0.1) is 7.11 Å². The molecule has 1 atom stereocenters. The number of methoxy groups -OCH3 is 1. The zero-order valence-electron chi connectivity index (χ0n) is 10.2. The zero-order valence-corrected chi connectivity index (χ0v) is 11.8. The molecule has 16 heavy (non-hydrogen) atoms. The summed E-state index contributed by atoms with van der Waals surface area (Å²) in [6.45, 7) is 4.38. The summed E-state index contributed by atoms with van der Waals surface area (Å²) in [5.41, 5.74) is 7.28. The number of rotatable bonds is 5. The van der Waals surface area contributed by atoms with Gasteiger partial charge in [0.25, 0.3) is 0 Å². The van der Waals surface area contributed by atoms with Gasteiger partial charge in [-0.1, -0.05) is 29.8 Å². The molecule has 0 heterocycles. The molecule has 90 valence electrons. The van der Waals surface area contributed by atoms with Gasteiger partial charge in [0.15, 0.2) is 0 Å². The number of ether oxygens (including phenoxy) is 1. The van der Waals surface area contributed by atoms with E-state index >= 15 is 0 Å². The maximum Gasteiger partial charge on any atom is 0.122 e. The summed E-state index contributed by atoms with van der Waals surface area (Å²) >= 11 is 3.47. The lowest BCUT2D eigenvalue weighted by Crippen LogP contribution is -2.24. The first-order valence-corrected chi connectivity index (χ1v) is 6.40. The van der Waals surface area contributed by atoms with E-state index < -0.39 is 0 Å². The van der Waals surface area contributed by atoms with Gasteiger partial charge in [-0.05, 0) is 42.5 Å². The maximum absolute atomic E-state index is 6.11. The third-order valence-electron chi connectivity index (χ3n) is 2.50. The van der Waals surface area contributed by atoms with Crippen LogP contribution < -0.4 is 10.5 Å². The first kappa shape index (κ1) is 13.5. The van der Waals surface area contributed by atoms with E-state index in [2.05, 4.69) is 35.8 Å². The molecule has 2 nitrogen and oxygen atoms in total. The Bertz CT molecular complexity index is 339. The SMILES string of the molecule is COc1ccc(Br)cc1CC(N)CC(C)C. The second-order valence-corrected chi connectivity index (χ2v) is 5.47. The van der Waals surface area contributed by atoms with Gasteiger partial charge < -0.3 is 10.5 Å². The molecule has 0 fully saturated rings. The molecule has 0 radical (unpaired) electrons. The van der Waals surface area contributed by atoms with Crippen LogP contribution in [0.2, 0.25) is 0 Å². The average molecular weight is 286 g/mol. The van der Waals surface area contributed by atoms with Crippen molar-refractivity contribution in [1.82, 2.24) is 0 Å². The van der Waals surface area contributed by atoms with Crippen molar-refractivity contribution in [2.45, 2.75) is 32.7 Å². The molecule has 0 saturated carbocycles. The fourth-order valence-corrected chi connectivity index (χ4v) is 2.29. The van der Waals surface area contributed by atoms with Crippen LogP contribution in [0.1, 0.15) is 25.8 Å². The van der Waals surface area contributed by atoms with E-state index in [1.54, 1.807) is 7.11 Å². The molecule has 0 amide bonds. The van der Waals surface area contributed by atoms with Crippen molar-refractivity contribution in [2.24, 2.45) is 11.7 Å². The smallest absolute Gasteiger partial charge is 0.122 e. The predicted octanol–water partition coefficient (Wildman–Crippen LogP) is 3.37. The fraction of sp³-hybridized carbons (Fsp3) is 0.538. The van der Waals surface area contributed by atoms with Crippen molar-refractivity contribution in [3.8, 4) is 5.75 Å². The molecule has 0 aliphatic heterocycles. The van der Waals surface area contributed by atoms with Crippen LogP contribution in [-0.2, 0) is 6.42 Å². The molecule has 2 N–H and O–H groups in total. The molecule has 0 bridgehead atoms. The highest BCUT2D eigenvalue weighted by atomic mass is 79.9. The second kappa shape index (κ2) is 6.26. The minimum Gasteiger partial charge on any atom is -0.496 e. The van der Waals surface area contributed by atoms with Crippen molar-refractivity contribution in [1.29, 1.82) is 0 Å². The molecular weight excluding hydrogens is 266 g/mol. The number of hydrogen-bond acceptors (Lipinski definition) is 2. The van der Waals surface area contributed by atoms with Crippen LogP contribution in [0.3, 0.4) is 0 Å². The number of nitrogens with two attached hydrogens (primary N) is 1. The molecule has 1 unspecified atom stereocenters. The normalized spacial score (nSPS) is 12.9. The summed E-state index contributed by atoms with van der Waals surface area (Å²) < 4.78 is 6.40. The third-order valence-corrected chi connectivity index (χ3v) is 2.99. The quantitative estimate of drug-likeness (QED) is 0.900. The molecule has 3 heteroatoms. The minimum atomic E-state index is 0.197. The molecule has 1 aromatic rings. The summed E-state index contributed by atoms with van der Waals surface area (Å²) in [4.78, 5) is 0. The average Bonchev–Trinajstić information content (AvgIpc) is 2.16. The summed E-state index contributed by atoms with van der Waals surface area (Å²) in [7, 11) is 1.70. The molecule has 1 rings (SSSR count). The molecule has 0 spiro atoms. The molecular formula is C13H20BrNO. The lowest BCUT2D eigenvalue weighted by molar-refractivity contribution is 0.404. The highest BCUT2D eigenvalue weighted by Crippen LogP contribution is 2.24. The highest BCUT2D eigenvalue weighted by molar-refractivity contribution is 9.10. The third kappa shape index (κ3) is 4.14. The topological polar surface area (TPSA) is 35.2 Å². The lowest BCUT2D eigenvalue weighted by atomic mass is 9.97. The van der Waals surface area contributed by atoms with Crippen LogP contribution in [0.25, 0.3) is 0 Å². The van der Waals surface area contributed by atoms with Gasteiger partial charge in [0.1, 0.15) is 5.75 Å². The monoisotopic (exact) mass is 285 g/mol. The van der Waals surface area contributed by atoms with Crippen molar-refractivity contribution < 1.29 is 4.74 Å². The lowest BCUT2D eigenvalue weighted by Gasteiger charge is -2.16. The van der Waals surface area contributed by atoms with Gasteiger partial charge >= 0.3 is 0 Å². The molecule has 0 aliphatic rings. The molecule has 0 aliphatic carbocycles. The van der Waals surface area contributed by atoms with Crippen molar-refractivity contribution in [3.63, 3.8) is 0 Å². The summed E-state index contributed by atoms with van der Waals surface area (Å²) in [5.74, 6) is 1.55. The van der Waals surface area contributed by atoms with Crippen molar-refractivity contribution >= 4 is 15.9 Å². The van der Waals surface area contributed by atoms with Gasteiger partial charge in [-0.25, -0.2) is 0 Å². The first-order chi connectivity index (χ1) is 7.52. The maximum atomic E-state index is 6.11. The van der Waals surface area contributed by atoms with Gasteiger partial charge in [-0.2, -0.15) is 0 Å².